The third-order valence-electron chi connectivity index (χ3n) is 2.64. The minimum atomic E-state index is -0.474. The van der Waals surface area contributed by atoms with Crippen molar-refractivity contribution < 1.29 is 14.3 Å². The quantitative estimate of drug-likeness (QED) is 0.607. The van der Waals surface area contributed by atoms with Crippen LogP contribution in [0.5, 0.6) is 0 Å². The van der Waals surface area contributed by atoms with Crippen LogP contribution in [-0.4, -0.2) is 34.5 Å². The van der Waals surface area contributed by atoms with Crippen LogP contribution in [0.3, 0.4) is 0 Å². The number of Topliss-reactive ketones (excluding diaryl/α,β-unsaturated/α-hetero) is 1. The van der Waals surface area contributed by atoms with Gasteiger partial charge >= 0.3 is 5.97 Å². The summed E-state index contributed by atoms with van der Waals surface area (Å²) in [5, 5.41) is 3.14. The highest BCUT2D eigenvalue weighted by molar-refractivity contribution is 6.03. The maximum absolute atomic E-state index is 11.8. The SMILES string of the molecule is CCOC(=O)c1c(C(C)=O)nc2n1CCNC2. The molecule has 2 heterocycles. The molecule has 0 saturated carbocycles. The summed E-state index contributed by atoms with van der Waals surface area (Å²) >= 11 is 0. The van der Waals surface area contributed by atoms with E-state index >= 15 is 0 Å². The Morgan fingerprint density at radius 3 is 2.94 bits per heavy atom. The number of carbonyl (C=O) groups is 2. The molecule has 2 rings (SSSR count). The Bertz CT molecular complexity index is 465. The van der Waals surface area contributed by atoms with Gasteiger partial charge in [0.1, 0.15) is 11.5 Å². The van der Waals surface area contributed by atoms with Gasteiger partial charge in [0.15, 0.2) is 11.5 Å². The van der Waals surface area contributed by atoms with Crippen molar-refractivity contribution in [3.05, 3.63) is 17.2 Å². The van der Waals surface area contributed by atoms with Crippen molar-refractivity contribution in [3.63, 3.8) is 0 Å². The first-order chi connectivity index (χ1) is 8.15. The van der Waals surface area contributed by atoms with Crippen LogP contribution in [0.2, 0.25) is 0 Å². The maximum Gasteiger partial charge on any atom is 0.357 e. The van der Waals surface area contributed by atoms with E-state index in [1.807, 2.05) is 0 Å². The summed E-state index contributed by atoms with van der Waals surface area (Å²) in [7, 11) is 0. The lowest BCUT2D eigenvalue weighted by Crippen LogP contribution is -2.30. The van der Waals surface area contributed by atoms with E-state index in [1.165, 1.54) is 6.92 Å². The molecule has 17 heavy (non-hydrogen) atoms. The largest absolute Gasteiger partial charge is 0.461 e. The number of hydrogen-bond acceptors (Lipinski definition) is 5. The number of hydrogen-bond donors (Lipinski definition) is 1. The van der Waals surface area contributed by atoms with Gasteiger partial charge in [-0.15, -0.1) is 0 Å². The Morgan fingerprint density at radius 1 is 1.53 bits per heavy atom. The number of ketones is 1. The fraction of sp³-hybridized carbons (Fsp3) is 0.545. The first-order valence-electron chi connectivity index (χ1n) is 5.63. The van der Waals surface area contributed by atoms with E-state index < -0.39 is 5.97 Å². The zero-order valence-corrected chi connectivity index (χ0v) is 9.95. The molecule has 0 aromatic carbocycles. The summed E-state index contributed by atoms with van der Waals surface area (Å²) in [4.78, 5) is 27.5. The van der Waals surface area contributed by atoms with Crippen molar-refractivity contribution in [2.75, 3.05) is 13.2 Å². The zero-order chi connectivity index (χ0) is 12.4. The third kappa shape index (κ3) is 2.08. The van der Waals surface area contributed by atoms with Crippen LogP contribution in [-0.2, 0) is 17.8 Å². The van der Waals surface area contributed by atoms with Gasteiger partial charge in [0, 0.05) is 20.0 Å². The molecule has 0 unspecified atom stereocenters. The molecule has 0 spiro atoms. The van der Waals surface area contributed by atoms with Crippen LogP contribution < -0.4 is 5.32 Å². The first kappa shape index (κ1) is 11.8. The fourth-order valence-electron chi connectivity index (χ4n) is 1.92. The number of ether oxygens (including phenoxy) is 1. The highest BCUT2D eigenvalue weighted by Crippen LogP contribution is 2.16. The number of aromatic nitrogens is 2. The van der Waals surface area contributed by atoms with E-state index in [9.17, 15) is 9.59 Å². The van der Waals surface area contributed by atoms with Crippen LogP contribution in [0, 0.1) is 0 Å². The van der Waals surface area contributed by atoms with Gasteiger partial charge in [-0.25, -0.2) is 9.78 Å². The van der Waals surface area contributed by atoms with Crippen molar-refractivity contribution >= 4 is 11.8 Å². The maximum atomic E-state index is 11.8. The van der Waals surface area contributed by atoms with Crippen molar-refractivity contribution in [2.45, 2.75) is 26.9 Å². The average Bonchev–Trinajstić information content (AvgIpc) is 2.68. The minimum absolute atomic E-state index is 0.210. The summed E-state index contributed by atoms with van der Waals surface area (Å²) in [6.07, 6.45) is 0. The molecule has 0 fully saturated rings. The van der Waals surface area contributed by atoms with E-state index in [-0.39, 0.29) is 23.8 Å². The molecule has 1 aromatic heterocycles. The average molecular weight is 237 g/mol. The number of rotatable bonds is 3. The second-order valence-electron chi connectivity index (χ2n) is 3.83. The van der Waals surface area contributed by atoms with Crippen LogP contribution in [0.15, 0.2) is 0 Å². The summed E-state index contributed by atoms with van der Waals surface area (Å²) in [5.41, 5.74) is 0.498. The monoisotopic (exact) mass is 237 g/mol. The van der Waals surface area contributed by atoms with Crippen molar-refractivity contribution in [1.82, 2.24) is 14.9 Å². The molecule has 0 amide bonds. The van der Waals surface area contributed by atoms with Gasteiger partial charge in [0.25, 0.3) is 0 Å². The number of carbonyl (C=O) groups excluding carboxylic acids is 2. The van der Waals surface area contributed by atoms with E-state index in [1.54, 1.807) is 11.5 Å². The molecule has 0 bridgehead atoms. The van der Waals surface area contributed by atoms with E-state index in [0.717, 1.165) is 6.54 Å². The smallest absolute Gasteiger partial charge is 0.357 e. The molecule has 0 saturated heterocycles. The molecule has 6 nitrogen and oxygen atoms in total. The van der Waals surface area contributed by atoms with E-state index in [0.29, 0.717) is 18.9 Å². The summed E-state index contributed by atoms with van der Waals surface area (Å²) < 4.78 is 6.74. The van der Waals surface area contributed by atoms with Gasteiger partial charge in [-0.3, -0.25) is 4.79 Å². The van der Waals surface area contributed by atoms with Crippen LogP contribution in [0.1, 0.15) is 40.6 Å². The number of fused-ring (bicyclic) bond motifs is 1. The summed E-state index contributed by atoms with van der Waals surface area (Å²) in [6.45, 7) is 5.39. The predicted octanol–water partition coefficient (Wildman–Crippen LogP) is 0.366. The highest BCUT2D eigenvalue weighted by atomic mass is 16.5. The molecule has 6 heteroatoms. The van der Waals surface area contributed by atoms with E-state index in [2.05, 4.69) is 10.3 Å². The predicted molar refractivity (Wildman–Crippen MR) is 59.9 cm³/mol. The van der Waals surface area contributed by atoms with Gasteiger partial charge < -0.3 is 14.6 Å². The lowest BCUT2D eigenvalue weighted by atomic mass is 10.2. The normalized spacial score (nSPS) is 14.2. The molecule has 0 radical (unpaired) electrons. The van der Waals surface area contributed by atoms with Gasteiger partial charge in [-0.2, -0.15) is 0 Å². The first-order valence-corrected chi connectivity index (χ1v) is 5.63. The summed E-state index contributed by atoms with van der Waals surface area (Å²) in [6, 6.07) is 0. The molecule has 1 aliphatic rings. The number of nitrogens with zero attached hydrogens (tertiary/aromatic N) is 2. The van der Waals surface area contributed by atoms with Gasteiger partial charge in [0.2, 0.25) is 0 Å². The van der Waals surface area contributed by atoms with Gasteiger partial charge in [0.05, 0.1) is 13.2 Å². The lowest BCUT2D eigenvalue weighted by Gasteiger charge is -2.16. The summed E-state index contributed by atoms with van der Waals surface area (Å²) in [5.74, 6) is 0.0257. The van der Waals surface area contributed by atoms with Crippen molar-refractivity contribution in [1.29, 1.82) is 0 Å². The van der Waals surface area contributed by atoms with Crippen LogP contribution >= 0.6 is 0 Å². The minimum Gasteiger partial charge on any atom is -0.461 e. The molecule has 1 aliphatic heterocycles. The fourth-order valence-corrected chi connectivity index (χ4v) is 1.92. The third-order valence-corrected chi connectivity index (χ3v) is 2.64. The van der Waals surface area contributed by atoms with E-state index in [4.69, 9.17) is 4.74 Å². The number of nitrogens with one attached hydrogen (secondary N) is 1. The van der Waals surface area contributed by atoms with Crippen LogP contribution in [0.25, 0.3) is 0 Å². The van der Waals surface area contributed by atoms with Crippen molar-refractivity contribution in [3.8, 4) is 0 Å². The van der Waals surface area contributed by atoms with Gasteiger partial charge in [-0.1, -0.05) is 0 Å². The Kier molecular flexibility index (Phi) is 3.23. The molecule has 0 aliphatic carbocycles. The van der Waals surface area contributed by atoms with Crippen molar-refractivity contribution in [2.24, 2.45) is 0 Å². The second-order valence-corrected chi connectivity index (χ2v) is 3.83. The molecular formula is C11H15N3O3. The van der Waals surface area contributed by atoms with Gasteiger partial charge in [-0.05, 0) is 6.92 Å². The Morgan fingerprint density at radius 2 is 2.29 bits per heavy atom. The molecule has 1 aromatic rings. The Balaban J connectivity index is 2.49. The molecule has 0 atom stereocenters. The number of imidazole rings is 1. The Labute approximate surface area is 99.0 Å². The Hall–Kier alpha value is -1.69. The van der Waals surface area contributed by atoms with Crippen LogP contribution in [0.4, 0.5) is 0 Å². The second kappa shape index (κ2) is 4.67. The molecular weight excluding hydrogens is 222 g/mol. The molecule has 1 N–H and O–H groups in total. The zero-order valence-electron chi connectivity index (χ0n) is 9.95. The highest BCUT2D eigenvalue weighted by Gasteiger charge is 2.27. The molecule has 92 valence electrons. The number of esters is 1. The standard InChI is InChI=1S/C11H15N3O3/c1-3-17-11(16)10-9(7(2)15)13-8-6-12-4-5-14(8)10/h12H,3-6H2,1-2H3. The topological polar surface area (TPSA) is 73.2 Å². The lowest BCUT2D eigenvalue weighted by molar-refractivity contribution is 0.0509.